The summed E-state index contributed by atoms with van der Waals surface area (Å²) >= 11 is 6.14. The summed E-state index contributed by atoms with van der Waals surface area (Å²) in [6, 6.07) is 12.3. The molecule has 0 heterocycles. The molecule has 0 saturated carbocycles. The first kappa shape index (κ1) is 13.1. The van der Waals surface area contributed by atoms with E-state index in [-0.39, 0.29) is 5.82 Å². The van der Waals surface area contributed by atoms with Gasteiger partial charge in [0, 0.05) is 11.6 Å². The van der Waals surface area contributed by atoms with Crippen molar-refractivity contribution in [1.29, 1.82) is 0 Å². The summed E-state index contributed by atoms with van der Waals surface area (Å²) in [5.74, 6) is -0.226. The van der Waals surface area contributed by atoms with Gasteiger partial charge in [0.15, 0.2) is 0 Å². The van der Waals surface area contributed by atoms with Crippen molar-refractivity contribution in [2.45, 2.75) is 13.5 Å². The molecule has 2 aromatic rings. The van der Waals surface area contributed by atoms with Crippen LogP contribution in [0.25, 0.3) is 11.1 Å². The summed E-state index contributed by atoms with van der Waals surface area (Å²) < 4.78 is 13.2. The van der Waals surface area contributed by atoms with Crippen molar-refractivity contribution in [3.63, 3.8) is 0 Å². The maximum Gasteiger partial charge on any atom is 0.123 e. The topological polar surface area (TPSA) is 12.0 Å². The zero-order valence-corrected chi connectivity index (χ0v) is 11.0. The Bertz CT molecular complexity index is 540. The van der Waals surface area contributed by atoms with Gasteiger partial charge in [-0.15, -0.1) is 0 Å². The average molecular weight is 264 g/mol. The minimum atomic E-state index is -0.226. The molecule has 0 saturated heterocycles. The van der Waals surface area contributed by atoms with Crippen molar-refractivity contribution in [2.24, 2.45) is 0 Å². The number of hydrogen-bond donors (Lipinski definition) is 1. The second-order valence-electron chi connectivity index (χ2n) is 4.10. The largest absolute Gasteiger partial charge is 0.313 e. The van der Waals surface area contributed by atoms with Crippen LogP contribution < -0.4 is 5.32 Å². The Hall–Kier alpha value is -1.38. The lowest BCUT2D eigenvalue weighted by molar-refractivity contribution is 0.628. The van der Waals surface area contributed by atoms with Crippen LogP contribution in [0, 0.1) is 5.82 Å². The quantitative estimate of drug-likeness (QED) is 0.869. The van der Waals surface area contributed by atoms with Crippen LogP contribution in [0.1, 0.15) is 12.5 Å². The van der Waals surface area contributed by atoms with Crippen LogP contribution in [0.15, 0.2) is 42.5 Å². The molecule has 0 radical (unpaired) electrons. The molecule has 0 spiro atoms. The highest BCUT2D eigenvalue weighted by Gasteiger charge is 2.04. The normalized spacial score (nSPS) is 10.6. The number of nitrogens with one attached hydrogen (secondary N) is 1. The lowest BCUT2D eigenvalue weighted by atomic mass is 10.0. The van der Waals surface area contributed by atoms with Crippen molar-refractivity contribution >= 4 is 11.6 Å². The van der Waals surface area contributed by atoms with Gasteiger partial charge in [-0.1, -0.05) is 36.7 Å². The summed E-state index contributed by atoms with van der Waals surface area (Å²) in [6.07, 6.45) is 0. The standard InChI is InChI=1S/C15H15ClFN/c1-2-18-10-13-8-12(6-7-15(13)16)11-4-3-5-14(17)9-11/h3-9,18H,2,10H2,1H3. The highest BCUT2D eigenvalue weighted by molar-refractivity contribution is 6.31. The summed E-state index contributed by atoms with van der Waals surface area (Å²) in [4.78, 5) is 0. The van der Waals surface area contributed by atoms with E-state index < -0.39 is 0 Å². The highest BCUT2D eigenvalue weighted by Crippen LogP contribution is 2.25. The third-order valence-electron chi connectivity index (χ3n) is 2.77. The molecule has 0 amide bonds. The summed E-state index contributed by atoms with van der Waals surface area (Å²) in [5, 5.41) is 3.97. The first-order valence-electron chi connectivity index (χ1n) is 5.96. The molecule has 0 aliphatic carbocycles. The van der Waals surface area contributed by atoms with E-state index in [9.17, 15) is 4.39 Å². The molecule has 94 valence electrons. The number of benzene rings is 2. The molecule has 0 unspecified atom stereocenters. The lowest BCUT2D eigenvalue weighted by Gasteiger charge is -2.08. The lowest BCUT2D eigenvalue weighted by Crippen LogP contribution is -2.12. The Morgan fingerprint density at radius 2 is 1.89 bits per heavy atom. The van der Waals surface area contributed by atoms with Gasteiger partial charge in [0.25, 0.3) is 0 Å². The van der Waals surface area contributed by atoms with E-state index in [4.69, 9.17) is 11.6 Å². The van der Waals surface area contributed by atoms with Gasteiger partial charge >= 0.3 is 0 Å². The van der Waals surface area contributed by atoms with Gasteiger partial charge in [-0.05, 0) is 47.5 Å². The van der Waals surface area contributed by atoms with Gasteiger partial charge < -0.3 is 5.32 Å². The third kappa shape index (κ3) is 3.09. The first-order chi connectivity index (χ1) is 8.70. The van der Waals surface area contributed by atoms with Crippen molar-refractivity contribution < 1.29 is 4.39 Å². The first-order valence-corrected chi connectivity index (χ1v) is 6.33. The molecule has 3 heteroatoms. The van der Waals surface area contributed by atoms with Crippen LogP contribution in [0.3, 0.4) is 0 Å². The summed E-state index contributed by atoms with van der Waals surface area (Å²) in [5.41, 5.74) is 2.87. The van der Waals surface area contributed by atoms with Crippen molar-refractivity contribution in [3.8, 4) is 11.1 Å². The fourth-order valence-corrected chi connectivity index (χ4v) is 2.00. The van der Waals surface area contributed by atoms with Crippen LogP contribution in [0.5, 0.6) is 0 Å². The predicted molar refractivity (Wildman–Crippen MR) is 74.2 cm³/mol. The van der Waals surface area contributed by atoms with E-state index in [0.29, 0.717) is 0 Å². The Balaban J connectivity index is 2.34. The van der Waals surface area contributed by atoms with Crippen molar-refractivity contribution in [1.82, 2.24) is 5.32 Å². The molecule has 1 N–H and O–H groups in total. The van der Waals surface area contributed by atoms with Crippen molar-refractivity contribution in [3.05, 3.63) is 58.9 Å². The van der Waals surface area contributed by atoms with Gasteiger partial charge in [0.2, 0.25) is 0 Å². The minimum absolute atomic E-state index is 0.226. The van der Waals surface area contributed by atoms with Gasteiger partial charge in [-0.25, -0.2) is 4.39 Å². The average Bonchev–Trinajstić information content (AvgIpc) is 2.38. The number of halogens is 2. The van der Waals surface area contributed by atoms with Gasteiger partial charge in [0.1, 0.15) is 5.82 Å². The molecular weight excluding hydrogens is 249 g/mol. The molecule has 0 fully saturated rings. The second kappa shape index (κ2) is 5.98. The molecule has 0 aromatic heterocycles. The van der Waals surface area contributed by atoms with E-state index in [1.54, 1.807) is 6.07 Å². The summed E-state index contributed by atoms with van der Waals surface area (Å²) in [6.45, 7) is 3.66. The fraction of sp³-hybridized carbons (Fsp3) is 0.200. The molecule has 0 bridgehead atoms. The van der Waals surface area contributed by atoms with Gasteiger partial charge in [-0.2, -0.15) is 0 Å². The number of rotatable bonds is 4. The Morgan fingerprint density at radius 3 is 2.61 bits per heavy atom. The fourth-order valence-electron chi connectivity index (χ4n) is 1.82. The van der Waals surface area contributed by atoms with Gasteiger partial charge in [-0.3, -0.25) is 0 Å². The highest BCUT2D eigenvalue weighted by atomic mass is 35.5. The molecule has 0 aliphatic rings. The van der Waals surface area contributed by atoms with Gasteiger partial charge in [0.05, 0.1) is 0 Å². The van der Waals surface area contributed by atoms with E-state index in [2.05, 4.69) is 5.32 Å². The monoisotopic (exact) mass is 263 g/mol. The van der Waals surface area contributed by atoms with Crippen LogP contribution in [-0.4, -0.2) is 6.54 Å². The van der Waals surface area contributed by atoms with Crippen LogP contribution in [0.2, 0.25) is 5.02 Å². The van der Waals surface area contributed by atoms with Crippen LogP contribution >= 0.6 is 11.6 Å². The molecular formula is C15H15ClFN. The zero-order chi connectivity index (χ0) is 13.0. The van der Waals surface area contributed by atoms with Crippen LogP contribution in [0.4, 0.5) is 4.39 Å². The Labute approximate surface area is 112 Å². The van der Waals surface area contributed by atoms with E-state index in [1.165, 1.54) is 12.1 Å². The molecule has 18 heavy (non-hydrogen) atoms. The SMILES string of the molecule is CCNCc1cc(-c2cccc(F)c2)ccc1Cl. The summed E-state index contributed by atoms with van der Waals surface area (Å²) in [7, 11) is 0. The van der Waals surface area contributed by atoms with E-state index in [1.807, 2.05) is 31.2 Å². The van der Waals surface area contributed by atoms with E-state index >= 15 is 0 Å². The third-order valence-corrected chi connectivity index (χ3v) is 3.14. The minimum Gasteiger partial charge on any atom is -0.313 e. The molecule has 1 nitrogen and oxygen atoms in total. The van der Waals surface area contributed by atoms with Crippen LogP contribution in [-0.2, 0) is 6.54 Å². The van der Waals surface area contributed by atoms with Crippen molar-refractivity contribution in [2.75, 3.05) is 6.54 Å². The molecule has 2 rings (SSSR count). The predicted octanol–water partition coefficient (Wildman–Crippen LogP) is 4.26. The Morgan fingerprint density at radius 1 is 1.11 bits per heavy atom. The maximum absolute atomic E-state index is 13.2. The maximum atomic E-state index is 13.2. The Kier molecular flexibility index (Phi) is 4.34. The van der Waals surface area contributed by atoms with E-state index in [0.717, 1.165) is 34.8 Å². The molecule has 0 aliphatic heterocycles. The second-order valence-corrected chi connectivity index (χ2v) is 4.50. The zero-order valence-electron chi connectivity index (χ0n) is 10.2. The number of hydrogen-bond acceptors (Lipinski definition) is 1. The molecule has 2 aromatic carbocycles. The smallest absolute Gasteiger partial charge is 0.123 e. The molecule has 0 atom stereocenters.